The zero-order chi connectivity index (χ0) is 10.8. The summed E-state index contributed by atoms with van der Waals surface area (Å²) in [6.07, 6.45) is -0.814. The Hall–Kier alpha value is 0.0200. The van der Waals surface area contributed by atoms with Crippen molar-refractivity contribution in [2.75, 3.05) is 26.6 Å². The van der Waals surface area contributed by atoms with Gasteiger partial charge in [0.15, 0.2) is 0 Å². The second-order valence-electron chi connectivity index (χ2n) is 2.55. The van der Waals surface area contributed by atoms with Gasteiger partial charge in [-0.3, -0.25) is 17.8 Å². The van der Waals surface area contributed by atoms with Gasteiger partial charge in [-0.05, 0) is 0 Å². The van der Waals surface area contributed by atoms with Crippen LogP contribution in [0.4, 0.5) is 0 Å². The third kappa shape index (κ3) is 3.01. The van der Waals surface area contributed by atoms with Gasteiger partial charge in [0.05, 0.1) is 6.61 Å². The number of phosphoric ester groups is 1. The fraction of sp³-hybridized carbons (Fsp3) is 1.00. The van der Waals surface area contributed by atoms with Crippen molar-refractivity contribution in [3.63, 3.8) is 0 Å². The number of hydrogen-bond donors (Lipinski definition) is 0. The van der Waals surface area contributed by atoms with Gasteiger partial charge in [-0.25, -0.2) is 4.57 Å². The van der Waals surface area contributed by atoms with E-state index < -0.39 is 24.0 Å². The van der Waals surface area contributed by atoms with E-state index in [1.54, 1.807) is 0 Å². The summed E-state index contributed by atoms with van der Waals surface area (Å²) in [6, 6.07) is 0. The molecule has 0 N–H and O–H groups in total. The predicted molar refractivity (Wildman–Crippen MR) is 46.2 cm³/mol. The Bertz CT molecular complexity index is 328. The van der Waals surface area contributed by atoms with Crippen LogP contribution in [0.3, 0.4) is 0 Å². The standard InChI is InChI=1S/C5H11O7PS/c1-9-13(6,10-2)12-5-3-11-14(7,8)4-5/h5H,3-4H2,1-2H3. The molecule has 1 aliphatic rings. The highest BCUT2D eigenvalue weighted by atomic mass is 32.2. The molecule has 1 saturated heterocycles. The summed E-state index contributed by atoms with van der Waals surface area (Å²) in [5, 5.41) is 0. The van der Waals surface area contributed by atoms with Crippen LogP contribution in [-0.4, -0.2) is 41.1 Å². The van der Waals surface area contributed by atoms with Gasteiger partial charge in [0, 0.05) is 14.2 Å². The SMILES string of the molecule is COP(=O)(OC)OC1COS(=O)(=O)C1. The maximum absolute atomic E-state index is 11.4. The monoisotopic (exact) mass is 246 g/mol. The minimum Gasteiger partial charge on any atom is -0.290 e. The molecule has 1 atom stereocenters. The second kappa shape index (κ2) is 4.26. The van der Waals surface area contributed by atoms with E-state index in [9.17, 15) is 13.0 Å². The Morgan fingerprint density at radius 2 is 1.93 bits per heavy atom. The second-order valence-corrected chi connectivity index (χ2v) is 6.07. The summed E-state index contributed by atoms with van der Waals surface area (Å²) in [5.41, 5.74) is 0. The molecule has 0 aromatic carbocycles. The van der Waals surface area contributed by atoms with Crippen LogP contribution in [-0.2, 0) is 32.4 Å². The lowest BCUT2D eigenvalue weighted by Gasteiger charge is -2.15. The fourth-order valence-electron chi connectivity index (χ4n) is 0.907. The maximum Gasteiger partial charge on any atom is 0.474 e. The summed E-state index contributed by atoms with van der Waals surface area (Å²) in [7, 11) is -4.88. The average Bonchev–Trinajstić information content (AvgIpc) is 2.45. The molecule has 7 nitrogen and oxygen atoms in total. The van der Waals surface area contributed by atoms with E-state index in [0.717, 1.165) is 14.2 Å². The van der Waals surface area contributed by atoms with Gasteiger partial charge in [-0.15, -0.1) is 0 Å². The van der Waals surface area contributed by atoms with Crippen molar-refractivity contribution < 1.29 is 30.7 Å². The van der Waals surface area contributed by atoms with Gasteiger partial charge in [0.1, 0.15) is 11.9 Å². The zero-order valence-electron chi connectivity index (χ0n) is 7.70. The molecule has 1 aliphatic heterocycles. The lowest BCUT2D eigenvalue weighted by molar-refractivity contribution is 0.100. The van der Waals surface area contributed by atoms with Crippen molar-refractivity contribution >= 4 is 17.9 Å². The van der Waals surface area contributed by atoms with E-state index in [1.165, 1.54) is 0 Å². The van der Waals surface area contributed by atoms with Crippen molar-refractivity contribution in [3.8, 4) is 0 Å². The first kappa shape index (κ1) is 12.1. The van der Waals surface area contributed by atoms with Crippen LogP contribution in [0, 0.1) is 0 Å². The van der Waals surface area contributed by atoms with Crippen LogP contribution in [0.5, 0.6) is 0 Å². The summed E-state index contributed by atoms with van der Waals surface area (Å²) >= 11 is 0. The molecule has 9 heteroatoms. The third-order valence-corrected chi connectivity index (χ3v) is 4.27. The van der Waals surface area contributed by atoms with Gasteiger partial charge in [-0.1, -0.05) is 0 Å². The minimum absolute atomic E-state index is 0.168. The van der Waals surface area contributed by atoms with E-state index in [0.29, 0.717) is 0 Å². The van der Waals surface area contributed by atoms with Crippen LogP contribution in [0.15, 0.2) is 0 Å². The van der Waals surface area contributed by atoms with Gasteiger partial charge in [-0.2, -0.15) is 8.42 Å². The fourth-order valence-corrected chi connectivity index (χ4v) is 2.91. The van der Waals surface area contributed by atoms with Gasteiger partial charge in [0.2, 0.25) is 0 Å². The summed E-state index contributed by atoms with van der Waals surface area (Å²) < 4.78 is 51.3. The van der Waals surface area contributed by atoms with E-state index in [2.05, 4.69) is 13.2 Å². The third-order valence-electron chi connectivity index (χ3n) is 1.55. The normalized spacial score (nSPS) is 26.6. The van der Waals surface area contributed by atoms with Crippen LogP contribution in [0.1, 0.15) is 0 Å². The topological polar surface area (TPSA) is 88.1 Å². The van der Waals surface area contributed by atoms with Crippen molar-refractivity contribution in [1.29, 1.82) is 0 Å². The van der Waals surface area contributed by atoms with Crippen molar-refractivity contribution in [3.05, 3.63) is 0 Å². The number of rotatable bonds is 4. The minimum atomic E-state index is -3.63. The molecule has 1 fully saturated rings. The van der Waals surface area contributed by atoms with E-state index in [4.69, 9.17) is 4.52 Å². The molecule has 1 heterocycles. The highest BCUT2D eigenvalue weighted by molar-refractivity contribution is 7.87. The Kier molecular flexibility index (Phi) is 3.68. The molecule has 1 rings (SSSR count). The maximum atomic E-state index is 11.4. The van der Waals surface area contributed by atoms with Crippen molar-refractivity contribution in [1.82, 2.24) is 0 Å². The van der Waals surface area contributed by atoms with E-state index in [1.807, 2.05) is 0 Å². The first-order valence-corrected chi connectivity index (χ1v) is 6.71. The lowest BCUT2D eigenvalue weighted by atomic mass is 10.5. The van der Waals surface area contributed by atoms with Gasteiger partial charge >= 0.3 is 7.82 Å². The zero-order valence-corrected chi connectivity index (χ0v) is 9.42. The Morgan fingerprint density at radius 1 is 1.36 bits per heavy atom. The van der Waals surface area contributed by atoms with Crippen LogP contribution in [0.2, 0.25) is 0 Å². The molecule has 14 heavy (non-hydrogen) atoms. The van der Waals surface area contributed by atoms with Crippen molar-refractivity contribution in [2.24, 2.45) is 0 Å². The van der Waals surface area contributed by atoms with Crippen LogP contribution in [0.25, 0.3) is 0 Å². The van der Waals surface area contributed by atoms with Gasteiger partial charge < -0.3 is 0 Å². The summed E-state index contributed by atoms with van der Waals surface area (Å²) in [6.45, 7) is -0.168. The molecule has 0 spiro atoms. The summed E-state index contributed by atoms with van der Waals surface area (Å²) in [4.78, 5) is 0. The van der Waals surface area contributed by atoms with E-state index in [-0.39, 0.29) is 12.4 Å². The molecule has 0 bridgehead atoms. The molecule has 0 aromatic rings. The predicted octanol–water partition coefficient (Wildman–Crippen LogP) is 0.133. The van der Waals surface area contributed by atoms with Crippen LogP contribution < -0.4 is 0 Å². The van der Waals surface area contributed by atoms with Crippen molar-refractivity contribution in [2.45, 2.75) is 6.10 Å². The molecule has 0 amide bonds. The number of hydrogen-bond acceptors (Lipinski definition) is 7. The molecule has 0 saturated carbocycles. The largest absolute Gasteiger partial charge is 0.474 e. The average molecular weight is 246 g/mol. The quantitative estimate of drug-likeness (QED) is 0.514. The van der Waals surface area contributed by atoms with Gasteiger partial charge in [0.25, 0.3) is 10.1 Å². The van der Waals surface area contributed by atoms with Crippen LogP contribution >= 0.6 is 7.82 Å². The first-order valence-electron chi connectivity index (χ1n) is 3.68. The Morgan fingerprint density at radius 3 is 2.29 bits per heavy atom. The Labute approximate surface area is 82.0 Å². The number of phosphoric acid groups is 1. The molecule has 0 radical (unpaired) electrons. The first-order chi connectivity index (χ1) is 6.41. The highest BCUT2D eigenvalue weighted by Gasteiger charge is 2.36. The lowest BCUT2D eigenvalue weighted by Crippen LogP contribution is -2.16. The smallest absolute Gasteiger partial charge is 0.290 e. The molecule has 0 aliphatic carbocycles. The summed E-state index contributed by atoms with van der Waals surface area (Å²) in [5.74, 6) is -0.344. The molecular weight excluding hydrogens is 235 g/mol. The molecule has 0 aromatic heterocycles. The molecule has 84 valence electrons. The molecule has 1 unspecified atom stereocenters. The Balaban J connectivity index is 2.59. The molecular formula is C5H11O7PS. The highest BCUT2D eigenvalue weighted by Crippen LogP contribution is 2.49. The van der Waals surface area contributed by atoms with E-state index >= 15 is 0 Å².